The van der Waals surface area contributed by atoms with E-state index in [9.17, 15) is 4.79 Å². The molecule has 0 fully saturated rings. The molecule has 4 N–H and O–H groups in total. The maximum absolute atomic E-state index is 10.9. The first-order valence-electron chi connectivity index (χ1n) is 5.60. The number of thiocarbonyl (C=S) groups is 1. The van der Waals surface area contributed by atoms with E-state index in [1.807, 2.05) is 0 Å². The predicted octanol–water partition coefficient (Wildman–Crippen LogP) is 0.714. The van der Waals surface area contributed by atoms with Crippen molar-refractivity contribution in [2.75, 3.05) is 7.11 Å². The van der Waals surface area contributed by atoms with E-state index < -0.39 is 12.1 Å². The molecule has 0 aliphatic rings. The molecule has 0 aromatic heterocycles. The summed E-state index contributed by atoms with van der Waals surface area (Å²) in [6.45, 7) is 1.42. The molecule has 0 heterocycles. The number of nitrogens with two attached hydrogens (primary N) is 1. The summed E-state index contributed by atoms with van der Waals surface area (Å²) in [5, 5.41) is 12.7. The highest BCUT2D eigenvalue weighted by molar-refractivity contribution is 7.80. The molecule has 7 nitrogen and oxygen atoms in total. The van der Waals surface area contributed by atoms with Gasteiger partial charge >= 0.3 is 5.97 Å². The van der Waals surface area contributed by atoms with E-state index in [4.69, 9.17) is 20.3 Å². The molecule has 8 heteroatoms. The molecule has 0 spiro atoms. The zero-order valence-corrected chi connectivity index (χ0v) is 11.8. The van der Waals surface area contributed by atoms with Gasteiger partial charge in [0.05, 0.1) is 13.3 Å². The van der Waals surface area contributed by atoms with Crippen LogP contribution in [0.3, 0.4) is 0 Å². The lowest BCUT2D eigenvalue weighted by atomic mass is 10.2. The number of para-hydroxylation sites is 1. The number of hydrogen-bond donors (Lipinski definition) is 3. The van der Waals surface area contributed by atoms with E-state index in [2.05, 4.69) is 22.7 Å². The number of methoxy groups -OCH3 is 1. The molecule has 0 unspecified atom stereocenters. The second-order valence-corrected chi connectivity index (χ2v) is 4.15. The Morgan fingerprint density at radius 2 is 2.30 bits per heavy atom. The third-order valence-electron chi connectivity index (χ3n) is 2.25. The van der Waals surface area contributed by atoms with Gasteiger partial charge in [-0.05, 0) is 31.3 Å². The number of rotatable bonds is 6. The number of nitrogens with one attached hydrogen (secondary N) is 1. The third kappa shape index (κ3) is 4.39. The molecule has 0 amide bonds. The Morgan fingerprint density at radius 1 is 1.60 bits per heavy atom. The number of aliphatic carboxylic acids is 1. The summed E-state index contributed by atoms with van der Waals surface area (Å²) in [6, 6.07) is 5.07. The van der Waals surface area contributed by atoms with Crippen molar-refractivity contribution in [1.29, 1.82) is 0 Å². The molecule has 0 saturated carbocycles. The monoisotopic (exact) mass is 297 g/mol. The largest absolute Gasteiger partial charge is 0.493 e. The van der Waals surface area contributed by atoms with Gasteiger partial charge in [0.1, 0.15) is 0 Å². The Labute approximate surface area is 121 Å². The van der Waals surface area contributed by atoms with E-state index in [1.54, 1.807) is 18.2 Å². The van der Waals surface area contributed by atoms with Crippen molar-refractivity contribution < 1.29 is 19.4 Å². The highest BCUT2D eigenvalue weighted by atomic mass is 32.1. The molecule has 108 valence electrons. The average molecular weight is 297 g/mol. The minimum absolute atomic E-state index is 0.0190. The number of ether oxygens (including phenoxy) is 2. The molecular weight excluding hydrogens is 282 g/mol. The van der Waals surface area contributed by atoms with Crippen molar-refractivity contribution in [2.24, 2.45) is 10.8 Å². The fourth-order valence-corrected chi connectivity index (χ4v) is 1.37. The van der Waals surface area contributed by atoms with Gasteiger partial charge in [0.25, 0.3) is 0 Å². The summed E-state index contributed by atoms with van der Waals surface area (Å²) in [6.07, 6.45) is 0.382. The summed E-state index contributed by atoms with van der Waals surface area (Å²) in [7, 11) is 1.46. The predicted molar refractivity (Wildman–Crippen MR) is 78.2 cm³/mol. The van der Waals surface area contributed by atoms with Crippen LogP contribution in [0.15, 0.2) is 23.3 Å². The van der Waals surface area contributed by atoms with Crippen LogP contribution in [0.2, 0.25) is 0 Å². The third-order valence-corrected chi connectivity index (χ3v) is 2.34. The van der Waals surface area contributed by atoms with Crippen LogP contribution in [0.25, 0.3) is 0 Å². The number of hydrogen-bond acceptors (Lipinski definition) is 5. The van der Waals surface area contributed by atoms with Crippen molar-refractivity contribution in [3.63, 3.8) is 0 Å². The maximum atomic E-state index is 10.9. The smallest absolute Gasteiger partial charge is 0.344 e. The quantitative estimate of drug-likeness (QED) is 0.403. The Kier molecular flexibility index (Phi) is 5.73. The summed E-state index contributed by atoms with van der Waals surface area (Å²) < 4.78 is 10.5. The molecule has 0 radical (unpaired) electrons. The normalized spacial score (nSPS) is 11.9. The lowest BCUT2D eigenvalue weighted by Crippen LogP contribution is -2.25. The van der Waals surface area contributed by atoms with Gasteiger partial charge in [0.15, 0.2) is 22.7 Å². The first kappa shape index (κ1) is 15.7. The zero-order chi connectivity index (χ0) is 15.1. The minimum Gasteiger partial charge on any atom is -0.493 e. The van der Waals surface area contributed by atoms with E-state index in [0.717, 1.165) is 0 Å². The lowest BCUT2D eigenvalue weighted by molar-refractivity contribution is -0.144. The summed E-state index contributed by atoms with van der Waals surface area (Å²) in [4.78, 5) is 10.9. The van der Waals surface area contributed by atoms with E-state index in [1.165, 1.54) is 20.2 Å². The molecule has 20 heavy (non-hydrogen) atoms. The van der Waals surface area contributed by atoms with Gasteiger partial charge in [-0.3, -0.25) is 5.43 Å². The summed E-state index contributed by atoms with van der Waals surface area (Å²) in [5.41, 5.74) is 8.17. The molecule has 0 aliphatic carbocycles. The van der Waals surface area contributed by atoms with Crippen molar-refractivity contribution >= 4 is 29.5 Å². The number of carboxylic acids is 1. The van der Waals surface area contributed by atoms with Crippen LogP contribution in [0.1, 0.15) is 12.5 Å². The van der Waals surface area contributed by atoms with Gasteiger partial charge in [-0.2, -0.15) is 5.10 Å². The van der Waals surface area contributed by atoms with E-state index in [-0.39, 0.29) is 10.9 Å². The van der Waals surface area contributed by atoms with Crippen molar-refractivity contribution in [2.45, 2.75) is 13.0 Å². The van der Waals surface area contributed by atoms with Crippen LogP contribution in [-0.2, 0) is 4.79 Å². The molecular formula is C12H15N3O4S. The fraction of sp³-hybridized carbons (Fsp3) is 0.250. The van der Waals surface area contributed by atoms with Crippen molar-refractivity contribution in [3.8, 4) is 11.5 Å². The lowest BCUT2D eigenvalue weighted by Gasteiger charge is -2.15. The average Bonchev–Trinajstić information content (AvgIpc) is 2.39. The van der Waals surface area contributed by atoms with Gasteiger partial charge in [-0.25, -0.2) is 4.79 Å². The SMILES string of the molecule is COc1cccc(/C=N\NC(N)=S)c1O[C@H](C)C(=O)O. The molecule has 0 aliphatic heterocycles. The maximum Gasteiger partial charge on any atom is 0.344 e. The van der Waals surface area contributed by atoms with Gasteiger partial charge in [0, 0.05) is 5.56 Å². The number of carboxylic acid groups (broad SMARTS) is 1. The molecule has 0 bridgehead atoms. The van der Waals surface area contributed by atoms with Crippen LogP contribution in [-0.4, -0.2) is 35.6 Å². The van der Waals surface area contributed by atoms with Gasteiger partial charge < -0.3 is 20.3 Å². The minimum atomic E-state index is -1.08. The Hall–Kier alpha value is -2.35. The standard InChI is InChI=1S/C12H15N3O4S/c1-7(11(16)17)19-10-8(6-14-15-12(13)20)4-3-5-9(10)18-2/h3-7H,1-2H3,(H,16,17)(H3,13,15,20)/b14-6-/t7-/m1/s1. The Bertz CT molecular complexity index is 533. The summed E-state index contributed by atoms with van der Waals surface area (Å²) >= 11 is 4.62. The zero-order valence-electron chi connectivity index (χ0n) is 11.0. The Morgan fingerprint density at radius 3 is 2.85 bits per heavy atom. The molecule has 1 rings (SSSR count). The molecule has 1 atom stereocenters. The number of hydrazone groups is 1. The first-order chi connectivity index (χ1) is 9.45. The number of carbonyl (C=O) groups is 1. The van der Waals surface area contributed by atoms with Crippen LogP contribution >= 0.6 is 12.2 Å². The van der Waals surface area contributed by atoms with E-state index >= 15 is 0 Å². The molecule has 1 aromatic rings. The molecule has 0 saturated heterocycles. The van der Waals surface area contributed by atoms with Gasteiger partial charge in [-0.1, -0.05) is 6.07 Å². The van der Waals surface area contributed by atoms with Crippen molar-refractivity contribution in [3.05, 3.63) is 23.8 Å². The van der Waals surface area contributed by atoms with Gasteiger partial charge in [-0.15, -0.1) is 0 Å². The topological polar surface area (TPSA) is 106 Å². The van der Waals surface area contributed by atoms with Crippen LogP contribution in [0.4, 0.5) is 0 Å². The first-order valence-corrected chi connectivity index (χ1v) is 6.01. The van der Waals surface area contributed by atoms with E-state index in [0.29, 0.717) is 11.3 Å². The van der Waals surface area contributed by atoms with Crippen LogP contribution in [0, 0.1) is 0 Å². The van der Waals surface area contributed by atoms with Gasteiger partial charge in [0.2, 0.25) is 0 Å². The number of nitrogens with zero attached hydrogens (tertiary/aromatic N) is 1. The van der Waals surface area contributed by atoms with Crippen molar-refractivity contribution in [1.82, 2.24) is 5.43 Å². The molecule has 1 aromatic carbocycles. The fourth-order valence-electron chi connectivity index (χ4n) is 1.31. The number of benzene rings is 1. The second-order valence-electron chi connectivity index (χ2n) is 3.71. The second kappa shape index (κ2) is 7.29. The highest BCUT2D eigenvalue weighted by Gasteiger charge is 2.17. The highest BCUT2D eigenvalue weighted by Crippen LogP contribution is 2.30. The van der Waals surface area contributed by atoms with Crippen LogP contribution < -0.4 is 20.6 Å². The Balaban J connectivity index is 3.06. The van der Waals surface area contributed by atoms with Crippen LogP contribution in [0.5, 0.6) is 11.5 Å². The summed E-state index contributed by atoms with van der Waals surface area (Å²) in [5.74, 6) is -0.407.